The van der Waals surface area contributed by atoms with E-state index in [9.17, 15) is 9.18 Å². The molecule has 3 heterocycles. The van der Waals surface area contributed by atoms with Crippen LogP contribution in [0.15, 0.2) is 52.0 Å². The molecule has 2 N–H and O–H groups in total. The molecule has 4 aromatic rings. The number of fused-ring (bicyclic) bond motifs is 1. The Labute approximate surface area is 163 Å². The van der Waals surface area contributed by atoms with E-state index in [-0.39, 0.29) is 17.4 Å². The fourth-order valence-corrected chi connectivity index (χ4v) is 4.86. The summed E-state index contributed by atoms with van der Waals surface area (Å²) in [4.78, 5) is 23.5. The van der Waals surface area contributed by atoms with E-state index in [0.717, 1.165) is 20.8 Å². The van der Waals surface area contributed by atoms with Crippen molar-refractivity contribution in [3.63, 3.8) is 0 Å². The average molecular weight is 401 g/mol. The second kappa shape index (κ2) is 7.34. The number of hydrogen-bond acceptors (Lipinski definition) is 4. The van der Waals surface area contributed by atoms with Crippen molar-refractivity contribution in [2.75, 3.05) is 7.05 Å². The number of benzene rings is 1. The summed E-state index contributed by atoms with van der Waals surface area (Å²) >= 11 is 3.12. The minimum absolute atomic E-state index is 0.000518. The molecule has 138 valence electrons. The minimum atomic E-state index is -0.236. The van der Waals surface area contributed by atoms with Crippen molar-refractivity contribution in [3.8, 4) is 10.4 Å². The average Bonchev–Trinajstić information content (AvgIpc) is 3.32. The summed E-state index contributed by atoms with van der Waals surface area (Å²) in [6, 6.07) is 10.5. The van der Waals surface area contributed by atoms with Crippen LogP contribution >= 0.6 is 22.7 Å². The van der Waals surface area contributed by atoms with Crippen LogP contribution in [0.25, 0.3) is 20.7 Å². The second-order valence-electron chi connectivity index (χ2n) is 6.63. The van der Waals surface area contributed by atoms with Gasteiger partial charge >= 0.3 is 0 Å². The molecule has 0 radical (unpaired) electrons. The molecule has 3 aromatic heterocycles. The largest absolute Gasteiger partial charge is 0.325 e. The molecular formula is C20H19FN3OS2+. The molecule has 0 aliphatic heterocycles. The van der Waals surface area contributed by atoms with Gasteiger partial charge in [0, 0.05) is 21.4 Å². The van der Waals surface area contributed by atoms with Crippen LogP contribution in [0.5, 0.6) is 0 Å². The lowest BCUT2D eigenvalue weighted by atomic mass is 10.1. The highest BCUT2D eigenvalue weighted by molar-refractivity contribution is 7.18. The third-order valence-electron chi connectivity index (χ3n) is 4.79. The van der Waals surface area contributed by atoms with Crippen molar-refractivity contribution in [2.45, 2.75) is 19.5 Å². The SMILES string of the molecule is C[C@H](c1nc2scc(-c3cccs3)c2c(=O)[nH]1)[NH+](C)Cc1ccc(F)cc1. The molecule has 2 atom stereocenters. The summed E-state index contributed by atoms with van der Waals surface area (Å²) in [5.74, 6) is 0.437. The maximum atomic E-state index is 13.1. The lowest BCUT2D eigenvalue weighted by molar-refractivity contribution is -0.924. The van der Waals surface area contributed by atoms with Gasteiger partial charge in [-0.3, -0.25) is 4.79 Å². The molecule has 27 heavy (non-hydrogen) atoms. The van der Waals surface area contributed by atoms with Crippen LogP contribution in [0, 0.1) is 5.82 Å². The first-order chi connectivity index (χ1) is 13.0. The van der Waals surface area contributed by atoms with Crippen molar-refractivity contribution in [2.24, 2.45) is 0 Å². The van der Waals surface area contributed by atoms with Gasteiger partial charge in [-0.15, -0.1) is 22.7 Å². The van der Waals surface area contributed by atoms with E-state index >= 15 is 0 Å². The monoisotopic (exact) mass is 400 g/mol. The normalized spacial score (nSPS) is 13.7. The van der Waals surface area contributed by atoms with Gasteiger partial charge in [-0.25, -0.2) is 9.37 Å². The van der Waals surface area contributed by atoms with Gasteiger partial charge < -0.3 is 9.88 Å². The summed E-state index contributed by atoms with van der Waals surface area (Å²) in [5, 5.41) is 4.67. The molecule has 1 aromatic carbocycles. The van der Waals surface area contributed by atoms with E-state index in [1.54, 1.807) is 23.5 Å². The molecule has 0 aliphatic rings. The molecule has 0 amide bonds. The molecule has 0 aliphatic carbocycles. The van der Waals surface area contributed by atoms with E-state index in [2.05, 4.69) is 4.98 Å². The minimum Gasteiger partial charge on any atom is -0.325 e. The molecular weight excluding hydrogens is 381 g/mol. The van der Waals surface area contributed by atoms with Crippen LogP contribution in [0.3, 0.4) is 0 Å². The summed E-state index contributed by atoms with van der Waals surface area (Å²) in [6.07, 6.45) is 0. The predicted molar refractivity (Wildman–Crippen MR) is 109 cm³/mol. The van der Waals surface area contributed by atoms with E-state index in [0.29, 0.717) is 17.8 Å². The Hall–Kier alpha value is -2.35. The van der Waals surface area contributed by atoms with Gasteiger partial charge in [0.25, 0.3) is 5.56 Å². The molecule has 0 saturated heterocycles. The number of quaternary nitrogens is 1. The van der Waals surface area contributed by atoms with Crippen molar-refractivity contribution >= 4 is 32.9 Å². The van der Waals surface area contributed by atoms with Gasteiger partial charge in [-0.2, -0.15) is 0 Å². The second-order valence-corrected chi connectivity index (χ2v) is 8.44. The van der Waals surface area contributed by atoms with Crippen molar-refractivity contribution in [3.05, 3.63) is 74.7 Å². The summed E-state index contributed by atoms with van der Waals surface area (Å²) < 4.78 is 13.1. The van der Waals surface area contributed by atoms with Crippen LogP contribution < -0.4 is 10.5 Å². The van der Waals surface area contributed by atoms with Crippen LogP contribution in [-0.4, -0.2) is 17.0 Å². The first-order valence-corrected chi connectivity index (χ1v) is 10.4. The van der Waals surface area contributed by atoms with Crippen LogP contribution in [0.2, 0.25) is 0 Å². The van der Waals surface area contributed by atoms with Crippen LogP contribution in [0.4, 0.5) is 4.39 Å². The fourth-order valence-electron chi connectivity index (χ4n) is 3.09. The van der Waals surface area contributed by atoms with Crippen LogP contribution in [0.1, 0.15) is 24.4 Å². The highest BCUT2D eigenvalue weighted by atomic mass is 32.1. The van der Waals surface area contributed by atoms with Gasteiger partial charge in [0.05, 0.1) is 12.4 Å². The van der Waals surface area contributed by atoms with Gasteiger partial charge in [0.15, 0.2) is 5.82 Å². The molecule has 0 spiro atoms. The summed E-state index contributed by atoms with van der Waals surface area (Å²) in [5.41, 5.74) is 1.89. The van der Waals surface area contributed by atoms with Gasteiger partial charge in [-0.1, -0.05) is 18.2 Å². The van der Waals surface area contributed by atoms with Crippen molar-refractivity contribution in [1.82, 2.24) is 9.97 Å². The van der Waals surface area contributed by atoms with E-state index in [1.807, 2.05) is 36.9 Å². The third kappa shape index (κ3) is 3.58. The molecule has 4 rings (SSSR count). The molecule has 7 heteroatoms. The highest BCUT2D eigenvalue weighted by Gasteiger charge is 2.21. The molecule has 0 bridgehead atoms. The zero-order valence-electron chi connectivity index (χ0n) is 15.0. The number of aromatic amines is 1. The summed E-state index contributed by atoms with van der Waals surface area (Å²) in [6.45, 7) is 2.75. The Morgan fingerprint density at radius 3 is 2.70 bits per heavy atom. The lowest BCUT2D eigenvalue weighted by Crippen LogP contribution is -3.07. The molecule has 4 nitrogen and oxygen atoms in total. The zero-order valence-corrected chi connectivity index (χ0v) is 16.6. The Kier molecular flexibility index (Phi) is 4.90. The first-order valence-electron chi connectivity index (χ1n) is 8.65. The first kappa shape index (κ1) is 18.0. The van der Waals surface area contributed by atoms with Gasteiger partial charge in [0.1, 0.15) is 23.2 Å². The van der Waals surface area contributed by atoms with E-state index < -0.39 is 0 Å². The molecule has 0 saturated carbocycles. The number of aromatic nitrogens is 2. The number of halogens is 1. The quantitative estimate of drug-likeness (QED) is 0.538. The highest BCUT2D eigenvalue weighted by Crippen LogP contribution is 2.33. The number of nitrogens with one attached hydrogen (secondary N) is 2. The number of nitrogens with zero attached hydrogens (tertiary/aromatic N) is 1. The summed E-state index contributed by atoms with van der Waals surface area (Å²) in [7, 11) is 2.05. The van der Waals surface area contributed by atoms with E-state index in [4.69, 9.17) is 4.98 Å². The standard InChI is InChI=1S/C20H18FN3OS2/c1-12(24(2)10-13-5-7-14(21)8-6-13)18-22-19(25)17-15(11-27-20(17)23-18)16-4-3-9-26-16/h3-9,11-12H,10H2,1-2H3,(H,22,23,25)/p+1/t12-/m1/s1. The topological polar surface area (TPSA) is 50.2 Å². The smallest absolute Gasteiger partial charge is 0.260 e. The molecule has 1 unspecified atom stereocenters. The Morgan fingerprint density at radius 2 is 2.00 bits per heavy atom. The Morgan fingerprint density at radius 1 is 1.22 bits per heavy atom. The molecule has 0 fully saturated rings. The predicted octanol–water partition coefficient (Wildman–Crippen LogP) is 3.63. The third-order valence-corrected chi connectivity index (χ3v) is 6.57. The maximum absolute atomic E-state index is 13.1. The lowest BCUT2D eigenvalue weighted by Gasteiger charge is -2.21. The number of hydrogen-bond donors (Lipinski definition) is 2. The van der Waals surface area contributed by atoms with E-state index in [1.165, 1.54) is 28.4 Å². The van der Waals surface area contributed by atoms with Gasteiger partial charge in [-0.05, 0) is 30.5 Å². The number of rotatable bonds is 5. The van der Waals surface area contributed by atoms with Crippen LogP contribution in [-0.2, 0) is 6.54 Å². The van der Waals surface area contributed by atoms with Crippen molar-refractivity contribution in [1.29, 1.82) is 0 Å². The fraction of sp³-hybridized carbons (Fsp3) is 0.200. The Bertz CT molecular complexity index is 1120. The van der Waals surface area contributed by atoms with Gasteiger partial charge in [0.2, 0.25) is 0 Å². The zero-order chi connectivity index (χ0) is 19.0. The van der Waals surface area contributed by atoms with Crippen molar-refractivity contribution < 1.29 is 9.29 Å². The number of thiophene rings is 2. The maximum Gasteiger partial charge on any atom is 0.260 e. The Balaban J connectivity index is 1.63. The number of H-pyrrole nitrogens is 1.